The monoisotopic (exact) mass is 513 g/mol. The molecule has 0 N–H and O–H groups in total. The Balaban J connectivity index is 1.62. The van der Waals surface area contributed by atoms with Crippen LogP contribution < -0.4 is 10.3 Å². The first-order chi connectivity index (χ1) is 18.3. The number of benzene rings is 3. The standard InChI is InChI=1S/C31H28FNO5/c1-4-5-16-37-31(36)21-10-13-23(14-11-21)33-27(20-8-6-19(7-9-20)18(2)3)26-28(34)24-17-22(32)12-15-25(24)38-29(26)30(33)35/h6-15,17-18,27H,4-5,16H2,1-3H3. The molecule has 194 valence electrons. The van der Waals surface area contributed by atoms with Gasteiger partial charge < -0.3 is 9.15 Å². The molecule has 38 heavy (non-hydrogen) atoms. The smallest absolute Gasteiger partial charge is 0.338 e. The maximum absolute atomic E-state index is 14.0. The highest BCUT2D eigenvalue weighted by atomic mass is 19.1. The van der Waals surface area contributed by atoms with Gasteiger partial charge in [-0.1, -0.05) is 51.5 Å². The van der Waals surface area contributed by atoms with Gasteiger partial charge in [-0.05, 0) is 65.9 Å². The molecule has 7 heteroatoms. The lowest BCUT2D eigenvalue weighted by Crippen LogP contribution is -2.29. The van der Waals surface area contributed by atoms with Gasteiger partial charge in [0.05, 0.1) is 29.2 Å². The first-order valence-corrected chi connectivity index (χ1v) is 12.8. The number of nitrogens with zero attached hydrogens (tertiary/aromatic N) is 1. The van der Waals surface area contributed by atoms with Crippen LogP contribution in [0.4, 0.5) is 10.1 Å². The van der Waals surface area contributed by atoms with E-state index in [1.54, 1.807) is 24.3 Å². The molecular weight excluding hydrogens is 485 g/mol. The van der Waals surface area contributed by atoms with E-state index in [4.69, 9.17) is 9.15 Å². The molecule has 0 saturated carbocycles. The molecule has 5 rings (SSSR count). The minimum Gasteiger partial charge on any atom is -0.462 e. The van der Waals surface area contributed by atoms with E-state index >= 15 is 0 Å². The van der Waals surface area contributed by atoms with Crippen molar-refractivity contribution >= 4 is 28.5 Å². The van der Waals surface area contributed by atoms with Crippen molar-refractivity contribution in [2.45, 2.75) is 45.6 Å². The second kappa shape index (κ2) is 10.2. The van der Waals surface area contributed by atoms with Crippen LogP contribution in [0.5, 0.6) is 0 Å². The molecule has 0 radical (unpaired) electrons. The molecule has 1 amide bonds. The summed E-state index contributed by atoms with van der Waals surface area (Å²) in [5.41, 5.74) is 2.53. The van der Waals surface area contributed by atoms with Gasteiger partial charge in [-0.3, -0.25) is 14.5 Å². The molecule has 4 aromatic rings. The summed E-state index contributed by atoms with van der Waals surface area (Å²) in [5.74, 6) is -1.26. The number of esters is 1. The van der Waals surface area contributed by atoms with Crippen molar-refractivity contribution < 1.29 is 23.1 Å². The van der Waals surface area contributed by atoms with Crippen molar-refractivity contribution in [2.75, 3.05) is 11.5 Å². The third-order valence-corrected chi connectivity index (χ3v) is 6.86. The topological polar surface area (TPSA) is 76.8 Å². The van der Waals surface area contributed by atoms with Crippen molar-refractivity contribution in [2.24, 2.45) is 0 Å². The van der Waals surface area contributed by atoms with Crippen LogP contribution in [0.15, 0.2) is 75.9 Å². The van der Waals surface area contributed by atoms with Gasteiger partial charge >= 0.3 is 5.97 Å². The van der Waals surface area contributed by atoms with Gasteiger partial charge in [0.15, 0.2) is 5.43 Å². The van der Waals surface area contributed by atoms with E-state index in [9.17, 15) is 18.8 Å². The van der Waals surface area contributed by atoms with Crippen LogP contribution in [-0.4, -0.2) is 18.5 Å². The number of anilines is 1. The van der Waals surface area contributed by atoms with E-state index in [-0.39, 0.29) is 22.3 Å². The molecule has 0 saturated heterocycles. The molecule has 1 atom stereocenters. The molecule has 0 spiro atoms. The van der Waals surface area contributed by atoms with E-state index in [1.807, 2.05) is 31.2 Å². The summed E-state index contributed by atoms with van der Waals surface area (Å²) < 4.78 is 25.2. The summed E-state index contributed by atoms with van der Waals surface area (Å²) in [6, 6.07) is 17.1. The largest absolute Gasteiger partial charge is 0.462 e. The van der Waals surface area contributed by atoms with Crippen LogP contribution in [0.25, 0.3) is 11.0 Å². The Kier molecular flexibility index (Phi) is 6.85. The van der Waals surface area contributed by atoms with Gasteiger partial charge in [0.1, 0.15) is 11.4 Å². The second-order valence-corrected chi connectivity index (χ2v) is 9.75. The van der Waals surface area contributed by atoms with Crippen molar-refractivity contribution in [3.8, 4) is 0 Å². The highest BCUT2D eigenvalue weighted by molar-refractivity contribution is 6.10. The third-order valence-electron chi connectivity index (χ3n) is 6.86. The zero-order chi connectivity index (χ0) is 27.0. The summed E-state index contributed by atoms with van der Waals surface area (Å²) in [5, 5.41) is 0.0763. The summed E-state index contributed by atoms with van der Waals surface area (Å²) >= 11 is 0. The summed E-state index contributed by atoms with van der Waals surface area (Å²) in [4.78, 5) is 41.3. The number of carbonyl (C=O) groups excluding carboxylic acids is 2. The number of unbranched alkanes of at least 4 members (excludes halogenated alkanes) is 1. The normalized spacial score (nSPS) is 14.8. The fraction of sp³-hybridized carbons (Fsp3) is 0.258. The molecule has 0 bridgehead atoms. The molecule has 1 aromatic heterocycles. The number of hydrogen-bond acceptors (Lipinski definition) is 5. The Morgan fingerprint density at radius 2 is 1.74 bits per heavy atom. The summed E-state index contributed by atoms with van der Waals surface area (Å²) in [6.07, 6.45) is 1.69. The van der Waals surface area contributed by atoms with Gasteiger partial charge in [0.2, 0.25) is 5.76 Å². The highest BCUT2D eigenvalue weighted by Crippen LogP contribution is 2.41. The quantitative estimate of drug-likeness (QED) is 0.202. The van der Waals surface area contributed by atoms with Crippen molar-refractivity contribution in [1.82, 2.24) is 0 Å². The average molecular weight is 514 g/mol. The number of ether oxygens (including phenoxy) is 1. The first-order valence-electron chi connectivity index (χ1n) is 12.8. The fourth-order valence-electron chi connectivity index (χ4n) is 4.74. The zero-order valence-electron chi connectivity index (χ0n) is 21.5. The van der Waals surface area contributed by atoms with Crippen LogP contribution in [0.3, 0.4) is 0 Å². The maximum atomic E-state index is 14.0. The van der Waals surface area contributed by atoms with E-state index < -0.39 is 29.2 Å². The molecule has 2 heterocycles. The maximum Gasteiger partial charge on any atom is 0.338 e. The van der Waals surface area contributed by atoms with E-state index in [0.717, 1.165) is 24.5 Å². The van der Waals surface area contributed by atoms with Crippen LogP contribution in [0.1, 0.15) is 83.2 Å². The second-order valence-electron chi connectivity index (χ2n) is 9.75. The Labute approximate surface area is 219 Å². The Hall–Kier alpha value is -4.26. The Bertz CT molecular complexity index is 1570. The third kappa shape index (κ3) is 4.49. The van der Waals surface area contributed by atoms with Crippen LogP contribution in [0, 0.1) is 5.82 Å². The van der Waals surface area contributed by atoms with Crippen LogP contribution in [-0.2, 0) is 4.74 Å². The molecule has 1 aliphatic heterocycles. The molecule has 0 aliphatic carbocycles. The van der Waals surface area contributed by atoms with Crippen LogP contribution >= 0.6 is 0 Å². The summed E-state index contributed by atoms with van der Waals surface area (Å²) in [7, 11) is 0. The van der Waals surface area contributed by atoms with Crippen molar-refractivity contribution in [3.63, 3.8) is 0 Å². The lowest BCUT2D eigenvalue weighted by Gasteiger charge is -2.25. The summed E-state index contributed by atoms with van der Waals surface area (Å²) in [6.45, 7) is 6.52. The number of amides is 1. The molecule has 0 fully saturated rings. The van der Waals surface area contributed by atoms with Gasteiger partial charge in [0, 0.05) is 5.69 Å². The predicted molar refractivity (Wildman–Crippen MR) is 143 cm³/mol. The SMILES string of the molecule is CCCCOC(=O)c1ccc(N2C(=O)c3oc4ccc(F)cc4c(=O)c3C2c2ccc(C(C)C)cc2)cc1. The molecule has 1 unspecified atom stereocenters. The molecule has 3 aromatic carbocycles. The van der Waals surface area contributed by atoms with Gasteiger partial charge in [-0.2, -0.15) is 0 Å². The van der Waals surface area contributed by atoms with E-state index in [1.165, 1.54) is 17.0 Å². The number of carbonyl (C=O) groups is 2. The highest BCUT2D eigenvalue weighted by Gasteiger charge is 2.43. The van der Waals surface area contributed by atoms with Gasteiger partial charge in [0.25, 0.3) is 5.91 Å². The minimum absolute atomic E-state index is 0.0740. The Morgan fingerprint density at radius 3 is 2.39 bits per heavy atom. The van der Waals surface area contributed by atoms with Gasteiger partial charge in [-0.25, -0.2) is 9.18 Å². The molecular formula is C31H28FNO5. The predicted octanol–water partition coefficient (Wildman–Crippen LogP) is 6.76. The molecule has 1 aliphatic rings. The first kappa shape index (κ1) is 25.4. The minimum atomic E-state index is -0.787. The van der Waals surface area contributed by atoms with E-state index in [0.29, 0.717) is 29.3 Å². The van der Waals surface area contributed by atoms with Gasteiger partial charge in [-0.15, -0.1) is 0 Å². The fourth-order valence-corrected chi connectivity index (χ4v) is 4.74. The number of fused-ring (bicyclic) bond motifs is 2. The number of halogens is 1. The number of hydrogen-bond donors (Lipinski definition) is 0. The van der Waals surface area contributed by atoms with Crippen molar-refractivity contribution in [1.29, 1.82) is 0 Å². The number of rotatable bonds is 7. The average Bonchev–Trinajstić information content (AvgIpc) is 3.21. The lowest BCUT2D eigenvalue weighted by atomic mass is 9.95. The Morgan fingerprint density at radius 1 is 1.03 bits per heavy atom. The zero-order valence-corrected chi connectivity index (χ0v) is 21.5. The molecule has 6 nitrogen and oxygen atoms in total. The van der Waals surface area contributed by atoms with E-state index in [2.05, 4.69) is 13.8 Å². The van der Waals surface area contributed by atoms with Crippen molar-refractivity contribution in [3.05, 3.63) is 111 Å². The van der Waals surface area contributed by atoms with Crippen LogP contribution in [0.2, 0.25) is 0 Å². The lowest BCUT2D eigenvalue weighted by molar-refractivity contribution is 0.0499.